The number of esters is 1. The summed E-state index contributed by atoms with van der Waals surface area (Å²) in [6, 6.07) is 21.3. The average molecular weight is 450 g/mol. The number of carbonyl (C=O) groups excluding carboxylic acids is 1. The highest BCUT2D eigenvalue weighted by Crippen LogP contribution is 2.30. The van der Waals surface area contributed by atoms with Crippen LogP contribution in [0.2, 0.25) is 10.0 Å². The maximum atomic E-state index is 12.2. The van der Waals surface area contributed by atoms with Crippen LogP contribution in [0.5, 0.6) is 11.5 Å². The first-order valence-electron chi connectivity index (χ1n) is 9.20. The first-order chi connectivity index (χ1) is 15.0. The molecule has 3 aromatic rings. The third-order valence-corrected chi connectivity index (χ3v) is 4.73. The van der Waals surface area contributed by atoms with Crippen LogP contribution in [0.3, 0.4) is 0 Å². The summed E-state index contributed by atoms with van der Waals surface area (Å²) in [7, 11) is 1.48. The molecule has 3 aromatic carbocycles. The summed E-state index contributed by atoms with van der Waals surface area (Å²) in [5, 5.41) is 10.7. The van der Waals surface area contributed by atoms with E-state index in [9.17, 15) is 10.1 Å². The van der Waals surface area contributed by atoms with Crippen LogP contribution < -0.4 is 9.47 Å². The molecule has 154 valence electrons. The molecule has 0 amide bonds. The van der Waals surface area contributed by atoms with Gasteiger partial charge in [0.25, 0.3) is 0 Å². The fourth-order valence-electron chi connectivity index (χ4n) is 2.74. The van der Waals surface area contributed by atoms with Crippen molar-refractivity contribution in [2.45, 2.75) is 0 Å². The summed E-state index contributed by atoms with van der Waals surface area (Å²) in [6.45, 7) is 0. The highest BCUT2D eigenvalue weighted by molar-refractivity contribution is 6.31. The minimum absolute atomic E-state index is 0.270. The third-order valence-electron chi connectivity index (χ3n) is 4.25. The lowest BCUT2D eigenvalue weighted by Gasteiger charge is -2.09. The van der Waals surface area contributed by atoms with E-state index in [1.54, 1.807) is 78.9 Å². The molecule has 0 N–H and O–H groups in total. The molecular weight excluding hydrogens is 433 g/mol. The Balaban J connectivity index is 1.78. The van der Waals surface area contributed by atoms with Crippen molar-refractivity contribution in [1.29, 1.82) is 5.26 Å². The third kappa shape index (κ3) is 6.23. The van der Waals surface area contributed by atoms with E-state index < -0.39 is 5.97 Å². The van der Waals surface area contributed by atoms with E-state index in [0.717, 1.165) is 5.56 Å². The molecule has 0 unspecified atom stereocenters. The molecule has 0 aliphatic carbocycles. The summed E-state index contributed by atoms with van der Waals surface area (Å²) in [5.41, 5.74) is 2.68. The highest BCUT2D eigenvalue weighted by atomic mass is 35.5. The van der Waals surface area contributed by atoms with E-state index in [-0.39, 0.29) is 5.75 Å². The van der Waals surface area contributed by atoms with Crippen molar-refractivity contribution in [1.82, 2.24) is 0 Å². The molecule has 0 bridgehead atoms. The van der Waals surface area contributed by atoms with Gasteiger partial charge in [0.15, 0.2) is 11.5 Å². The number of methoxy groups -OCH3 is 1. The molecule has 0 saturated carbocycles. The van der Waals surface area contributed by atoms with Crippen LogP contribution in [0, 0.1) is 11.3 Å². The van der Waals surface area contributed by atoms with Gasteiger partial charge in [-0.1, -0.05) is 53.5 Å². The molecule has 6 heteroatoms. The molecule has 0 aromatic heterocycles. The fourth-order valence-corrected chi connectivity index (χ4v) is 3.06. The molecule has 0 aliphatic rings. The molecule has 0 fully saturated rings. The summed E-state index contributed by atoms with van der Waals surface area (Å²) in [4.78, 5) is 12.2. The van der Waals surface area contributed by atoms with Crippen molar-refractivity contribution in [2.75, 3.05) is 7.11 Å². The number of rotatable bonds is 6. The van der Waals surface area contributed by atoms with Gasteiger partial charge in [0.2, 0.25) is 0 Å². The summed E-state index contributed by atoms with van der Waals surface area (Å²) < 4.78 is 10.7. The van der Waals surface area contributed by atoms with Gasteiger partial charge in [-0.25, -0.2) is 4.79 Å². The lowest BCUT2D eigenvalue weighted by Crippen LogP contribution is -2.05. The lowest BCUT2D eigenvalue weighted by atomic mass is 10.0. The monoisotopic (exact) mass is 449 g/mol. The first kappa shape index (κ1) is 22.2. The molecule has 0 saturated heterocycles. The molecule has 0 spiro atoms. The number of carbonyl (C=O) groups is 1. The zero-order chi connectivity index (χ0) is 22.2. The van der Waals surface area contributed by atoms with Crippen LogP contribution in [0.15, 0.2) is 72.8 Å². The van der Waals surface area contributed by atoms with E-state index >= 15 is 0 Å². The van der Waals surface area contributed by atoms with Gasteiger partial charge in [-0.05, 0) is 65.2 Å². The Bertz CT molecular complexity index is 1190. The average Bonchev–Trinajstić information content (AvgIpc) is 2.78. The second-order valence-corrected chi connectivity index (χ2v) is 7.27. The SMILES string of the molecule is COc1cc(/C=C(/C#N)c2cccc(Cl)c2)ccc1OC(=O)/C=C/c1ccc(Cl)cc1. The van der Waals surface area contributed by atoms with Gasteiger partial charge < -0.3 is 9.47 Å². The molecule has 0 aliphatic heterocycles. The van der Waals surface area contributed by atoms with Crippen molar-refractivity contribution in [3.05, 3.63) is 99.5 Å². The minimum Gasteiger partial charge on any atom is -0.493 e. The number of hydrogen-bond acceptors (Lipinski definition) is 4. The van der Waals surface area contributed by atoms with Crippen molar-refractivity contribution >= 4 is 46.9 Å². The standard InChI is InChI=1S/C25H17Cl2NO3/c1-30-24-14-18(13-20(16-28)19-3-2-4-22(27)15-19)7-11-23(24)31-25(29)12-8-17-5-9-21(26)10-6-17/h2-15H,1H3/b12-8+,20-13-. The predicted octanol–water partition coefficient (Wildman–Crippen LogP) is 6.68. The lowest BCUT2D eigenvalue weighted by molar-refractivity contribution is -0.129. The normalized spacial score (nSPS) is 11.2. The number of hydrogen-bond donors (Lipinski definition) is 0. The van der Waals surface area contributed by atoms with Gasteiger partial charge in [-0.3, -0.25) is 0 Å². The van der Waals surface area contributed by atoms with Crippen LogP contribution in [0.4, 0.5) is 0 Å². The van der Waals surface area contributed by atoms with Gasteiger partial charge in [0, 0.05) is 16.1 Å². The molecule has 4 nitrogen and oxygen atoms in total. The van der Waals surface area contributed by atoms with Crippen molar-refractivity contribution in [3.8, 4) is 17.6 Å². The Morgan fingerprint density at radius 1 is 0.935 bits per heavy atom. The first-order valence-corrected chi connectivity index (χ1v) is 9.95. The van der Waals surface area contributed by atoms with E-state index in [0.29, 0.717) is 32.5 Å². The fraction of sp³-hybridized carbons (Fsp3) is 0.0400. The smallest absolute Gasteiger partial charge is 0.336 e. The highest BCUT2D eigenvalue weighted by Gasteiger charge is 2.10. The van der Waals surface area contributed by atoms with Crippen LogP contribution >= 0.6 is 23.2 Å². The Labute approximate surface area is 190 Å². The number of halogens is 2. The van der Waals surface area contributed by atoms with Crippen LogP contribution in [-0.2, 0) is 4.79 Å². The maximum Gasteiger partial charge on any atom is 0.336 e. The van der Waals surface area contributed by atoms with E-state index in [4.69, 9.17) is 32.7 Å². The Morgan fingerprint density at radius 2 is 1.68 bits per heavy atom. The number of allylic oxidation sites excluding steroid dienone is 1. The molecule has 0 radical (unpaired) electrons. The minimum atomic E-state index is -0.548. The Kier molecular flexibility index (Phi) is 7.50. The van der Waals surface area contributed by atoms with Gasteiger partial charge in [0.1, 0.15) is 0 Å². The number of nitriles is 1. The second kappa shape index (κ2) is 10.5. The molecule has 31 heavy (non-hydrogen) atoms. The van der Waals surface area contributed by atoms with Crippen molar-refractivity contribution in [2.24, 2.45) is 0 Å². The summed E-state index contributed by atoms with van der Waals surface area (Å²) in [5.74, 6) is 0.0882. The zero-order valence-corrected chi connectivity index (χ0v) is 18.0. The number of ether oxygens (including phenoxy) is 2. The predicted molar refractivity (Wildman–Crippen MR) is 124 cm³/mol. The summed E-state index contributed by atoms with van der Waals surface area (Å²) >= 11 is 11.9. The largest absolute Gasteiger partial charge is 0.493 e. The zero-order valence-electron chi connectivity index (χ0n) is 16.5. The molecule has 0 heterocycles. The van der Waals surface area contributed by atoms with Gasteiger partial charge in [-0.15, -0.1) is 0 Å². The van der Waals surface area contributed by atoms with Crippen molar-refractivity contribution < 1.29 is 14.3 Å². The second-order valence-electron chi connectivity index (χ2n) is 6.40. The number of nitrogens with zero attached hydrogens (tertiary/aromatic N) is 1. The van der Waals surface area contributed by atoms with Crippen LogP contribution in [-0.4, -0.2) is 13.1 Å². The Hall–Kier alpha value is -3.52. The maximum absolute atomic E-state index is 12.2. The van der Waals surface area contributed by atoms with E-state index in [1.165, 1.54) is 13.2 Å². The van der Waals surface area contributed by atoms with Gasteiger partial charge >= 0.3 is 5.97 Å². The van der Waals surface area contributed by atoms with E-state index in [1.807, 2.05) is 0 Å². The van der Waals surface area contributed by atoms with Gasteiger partial charge in [-0.2, -0.15) is 5.26 Å². The number of benzene rings is 3. The topological polar surface area (TPSA) is 59.3 Å². The van der Waals surface area contributed by atoms with Crippen LogP contribution in [0.25, 0.3) is 17.7 Å². The molecular formula is C25H17Cl2NO3. The summed E-state index contributed by atoms with van der Waals surface area (Å²) in [6.07, 6.45) is 4.66. The molecule has 0 atom stereocenters. The van der Waals surface area contributed by atoms with Gasteiger partial charge in [0.05, 0.1) is 18.8 Å². The van der Waals surface area contributed by atoms with Crippen molar-refractivity contribution in [3.63, 3.8) is 0 Å². The van der Waals surface area contributed by atoms with Crippen LogP contribution in [0.1, 0.15) is 16.7 Å². The Morgan fingerprint density at radius 3 is 2.35 bits per heavy atom. The molecule has 3 rings (SSSR count). The quantitative estimate of drug-likeness (QED) is 0.138. The van der Waals surface area contributed by atoms with E-state index in [2.05, 4.69) is 6.07 Å².